The van der Waals surface area contributed by atoms with Gasteiger partial charge in [-0.3, -0.25) is 9.59 Å². The van der Waals surface area contributed by atoms with Gasteiger partial charge in [0.15, 0.2) is 0 Å². The zero-order chi connectivity index (χ0) is 28.5. The van der Waals surface area contributed by atoms with Gasteiger partial charge in [-0.2, -0.15) is 26.3 Å². The summed E-state index contributed by atoms with van der Waals surface area (Å²) in [6, 6.07) is 16.2. The fourth-order valence-electron chi connectivity index (χ4n) is 4.66. The van der Waals surface area contributed by atoms with E-state index in [9.17, 15) is 35.9 Å². The van der Waals surface area contributed by atoms with Gasteiger partial charge in [0, 0.05) is 0 Å². The lowest BCUT2D eigenvalue weighted by atomic mass is 9.76. The summed E-state index contributed by atoms with van der Waals surface area (Å²) in [5.41, 5.74) is -1.45. The molecule has 0 N–H and O–H groups in total. The van der Waals surface area contributed by atoms with Crippen LogP contribution in [0.4, 0.5) is 26.3 Å². The molecule has 4 rings (SSSR count). The molecule has 2 aromatic carbocycles. The lowest BCUT2D eigenvalue weighted by Crippen LogP contribution is -2.44. The van der Waals surface area contributed by atoms with E-state index in [0.717, 1.165) is 0 Å². The zero-order valence-electron chi connectivity index (χ0n) is 21.4. The number of carbonyl (C=O) groups is 2. The van der Waals surface area contributed by atoms with Crippen LogP contribution >= 0.6 is 0 Å². The molecule has 2 aliphatic heterocycles. The van der Waals surface area contributed by atoms with Crippen molar-refractivity contribution in [1.82, 2.24) is 0 Å². The van der Waals surface area contributed by atoms with Gasteiger partial charge in [-0.1, -0.05) is 60.7 Å². The highest BCUT2D eigenvalue weighted by Crippen LogP contribution is 2.50. The van der Waals surface area contributed by atoms with E-state index in [4.69, 9.17) is 9.47 Å². The molecule has 0 spiro atoms. The smallest absolute Gasteiger partial charge is 0.395 e. The molecule has 10 heteroatoms. The van der Waals surface area contributed by atoms with E-state index >= 15 is 0 Å². The van der Waals surface area contributed by atoms with Gasteiger partial charge in [-0.15, -0.1) is 0 Å². The maximum absolute atomic E-state index is 13.2. The van der Waals surface area contributed by atoms with Crippen LogP contribution in [0.3, 0.4) is 0 Å². The molecule has 2 aromatic rings. The standard InChI is InChI=1S/2C14H15F3O2/c2*1-13(2)8-10(14(15,16)17)11(19-12(13)18)9-6-4-3-5-7-9/h2*3-7,10-11H,8H2,1-2H3/t2*10-,11+/m10/s1. The van der Waals surface area contributed by atoms with Gasteiger partial charge in [0.2, 0.25) is 0 Å². The van der Waals surface area contributed by atoms with Crippen LogP contribution in [0.15, 0.2) is 60.7 Å². The van der Waals surface area contributed by atoms with E-state index in [-0.39, 0.29) is 12.8 Å². The molecule has 2 fully saturated rings. The molecule has 2 aliphatic rings. The van der Waals surface area contributed by atoms with Gasteiger partial charge in [-0.05, 0) is 51.7 Å². The number of cyclic esters (lactones) is 2. The van der Waals surface area contributed by atoms with E-state index < -0.39 is 59.2 Å². The molecule has 0 bridgehead atoms. The number of hydrogen-bond donors (Lipinski definition) is 0. The first kappa shape index (κ1) is 29.5. The summed E-state index contributed by atoms with van der Waals surface area (Å²) < 4.78 is 89.1. The minimum Gasteiger partial charge on any atom is -0.456 e. The normalized spacial score (nSPS) is 26.9. The molecule has 4 nitrogen and oxygen atoms in total. The number of carbonyl (C=O) groups excluding carboxylic acids is 2. The van der Waals surface area contributed by atoms with E-state index in [2.05, 4.69) is 0 Å². The van der Waals surface area contributed by atoms with Crippen molar-refractivity contribution in [2.45, 2.75) is 65.1 Å². The average Bonchev–Trinajstić information content (AvgIpc) is 2.82. The number of halogens is 6. The molecule has 0 unspecified atom stereocenters. The number of rotatable bonds is 2. The summed E-state index contributed by atoms with van der Waals surface area (Å²) in [6.07, 6.45) is -11.8. The fraction of sp³-hybridized carbons (Fsp3) is 0.500. The first-order valence-corrected chi connectivity index (χ1v) is 12.1. The predicted molar refractivity (Wildman–Crippen MR) is 126 cm³/mol. The first-order chi connectivity index (χ1) is 17.4. The lowest BCUT2D eigenvalue weighted by molar-refractivity contribution is -0.237. The van der Waals surface area contributed by atoms with E-state index in [0.29, 0.717) is 11.1 Å². The Hall–Kier alpha value is -3.04. The highest BCUT2D eigenvalue weighted by atomic mass is 19.4. The Kier molecular flexibility index (Phi) is 8.24. The Morgan fingerprint density at radius 3 is 1.16 bits per heavy atom. The van der Waals surface area contributed by atoms with Gasteiger partial charge in [0.25, 0.3) is 0 Å². The molecule has 38 heavy (non-hydrogen) atoms. The number of ether oxygens (including phenoxy) is 2. The second-order valence-corrected chi connectivity index (χ2v) is 10.9. The molecular weight excluding hydrogens is 514 g/mol. The van der Waals surface area contributed by atoms with Crippen LogP contribution in [-0.4, -0.2) is 24.3 Å². The van der Waals surface area contributed by atoms with Crippen LogP contribution in [0.1, 0.15) is 63.9 Å². The van der Waals surface area contributed by atoms with Crippen LogP contribution < -0.4 is 0 Å². The van der Waals surface area contributed by atoms with Crippen molar-refractivity contribution in [3.63, 3.8) is 0 Å². The third-order valence-electron chi connectivity index (χ3n) is 6.86. The Labute approximate surface area is 217 Å². The lowest BCUT2D eigenvalue weighted by Gasteiger charge is -2.40. The Morgan fingerprint density at radius 1 is 0.605 bits per heavy atom. The molecule has 2 heterocycles. The Bertz CT molecular complexity index is 1020. The van der Waals surface area contributed by atoms with E-state index in [1.165, 1.54) is 27.7 Å². The topological polar surface area (TPSA) is 52.6 Å². The van der Waals surface area contributed by atoms with Gasteiger partial charge in [0.1, 0.15) is 12.2 Å². The van der Waals surface area contributed by atoms with Crippen molar-refractivity contribution in [3.8, 4) is 0 Å². The van der Waals surface area contributed by atoms with Gasteiger partial charge >= 0.3 is 24.3 Å². The average molecular weight is 545 g/mol. The van der Waals surface area contributed by atoms with Crippen molar-refractivity contribution >= 4 is 11.9 Å². The fourth-order valence-corrected chi connectivity index (χ4v) is 4.66. The van der Waals surface area contributed by atoms with Crippen molar-refractivity contribution in [2.24, 2.45) is 22.7 Å². The summed E-state index contributed by atoms with van der Waals surface area (Å²) in [5, 5.41) is 0. The summed E-state index contributed by atoms with van der Waals surface area (Å²) in [7, 11) is 0. The first-order valence-electron chi connectivity index (χ1n) is 12.1. The molecule has 0 radical (unpaired) electrons. The second-order valence-electron chi connectivity index (χ2n) is 10.9. The second kappa shape index (κ2) is 10.6. The van der Waals surface area contributed by atoms with Gasteiger partial charge in [-0.25, -0.2) is 0 Å². The molecule has 208 valence electrons. The van der Waals surface area contributed by atoms with E-state index in [1.54, 1.807) is 60.7 Å². The van der Waals surface area contributed by atoms with Crippen LogP contribution in [0.2, 0.25) is 0 Å². The number of benzene rings is 2. The van der Waals surface area contributed by atoms with Crippen molar-refractivity contribution in [3.05, 3.63) is 71.8 Å². The molecule has 0 aromatic heterocycles. The molecule has 0 amide bonds. The van der Waals surface area contributed by atoms with Crippen molar-refractivity contribution in [1.29, 1.82) is 0 Å². The third-order valence-corrected chi connectivity index (χ3v) is 6.86. The molecule has 0 saturated carbocycles. The van der Waals surface area contributed by atoms with Crippen molar-refractivity contribution in [2.75, 3.05) is 0 Å². The Morgan fingerprint density at radius 2 is 0.895 bits per heavy atom. The van der Waals surface area contributed by atoms with Crippen LogP contribution in [-0.2, 0) is 19.1 Å². The minimum absolute atomic E-state index is 0.255. The maximum Gasteiger partial charge on any atom is 0.395 e. The minimum atomic E-state index is -4.39. The van der Waals surface area contributed by atoms with E-state index in [1.807, 2.05) is 0 Å². The van der Waals surface area contributed by atoms with Crippen molar-refractivity contribution < 1.29 is 45.4 Å². The molecule has 0 aliphatic carbocycles. The van der Waals surface area contributed by atoms with Crippen LogP contribution in [0.5, 0.6) is 0 Å². The van der Waals surface area contributed by atoms with Crippen LogP contribution in [0, 0.1) is 22.7 Å². The molecule has 4 atom stereocenters. The summed E-state index contributed by atoms with van der Waals surface area (Å²) in [4.78, 5) is 23.6. The van der Waals surface area contributed by atoms with Gasteiger partial charge < -0.3 is 9.47 Å². The maximum atomic E-state index is 13.2. The number of hydrogen-bond acceptors (Lipinski definition) is 4. The zero-order valence-corrected chi connectivity index (χ0v) is 21.4. The monoisotopic (exact) mass is 544 g/mol. The van der Waals surface area contributed by atoms with Crippen LogP contribution in [0.25, 0.3) is 0 Å². The predicted octanol–water partition coefficient (Wildman–Crippen LogP) is 7.76. The quantitative estimate of drug-likeness (QED) is 0.287. The summed E-state index contributed by atoms with van der Waals surface area (Å²) in [6.45, 7) is 5.93. The highest BCUT2D eigenvalue weighted by Gasteiger charge is 2.55. The van der Waals surface area contributed by atoms with Gasteiger partial charge in [0.05, 0.1) is 22.7 Å². The number of alkyl halides is 6. The Balaban J connectivity index is 0.000000211. The third kappa shape index (κ3) is 6.69. The SMILES string of the molecule is CC1(C)C[C@@H](C(F)(F)F)[C@H](c2ccccc2)OC1=O.CC1(C)C[C@H](C(F)(F)F)[C@@H](c2ccccc2)OC1=O. The summed E-state index contributed by atoms with van der Waals surface area (Å²) >= 11 is 0. The molecular formula is C28H30F6O4. The highest BCUT2D eigenvalue weighted by molar-refractivity contribution is 5.77. The molecule has 2 saturated heterocycles. The summed E-state index contributed by atoms with van der Waals surface area (Å²) in [5.74, 6) is -4.49. The largest absolute Gasteiger partial charge is 0.456 e. The number of esters is 2.